The lowest BCUT2D eigenvalue weighted by atomic mass is 10.1. The molecule has 0 spiro atoms. The molecule has 1 heterocycles. The zero-order chi connectivity index (χ0) is 13.8. The van der Waals surface area contributed by atoms with Crippen molar-refractivity contribution < 1.29 is 14.3 Å². The second-order valence-corrected chi connectivity index (χ2v) is 4.90. The molecule has 0 radical (unpaired) electrons. The maximum atomic E-state index is 10.3. The van der Waals surface area contributed by atoms with E-state index in [1.165, 1.54) is 6.08 Å². The first-order valence-corrected chi connectivity index (χ1v) is 6.27. The van der Waals surface area contributed by atoms with Crippen LogP contribution in [-0.4, -0.2) is 44.3 Å². The van der Waals surface area contributed by atoms with Crippen LogP contribution < -0.4 is 9.47 Å². The zero-order valence-corrected chi connectivity index (χ0v) is 11.6. The summed E-state index contributed by atoms with van der Waals surface area (Å²) in [6, 6.07) is 3.41. The fourth-order valence-electron chi connectivity index (χ4n) is 2.03. The third-order valence-electron chi connectivity index (χ3n) is 2.95. The Morgan fingerprint density at radius 3 is 2.84 bits per heavy atom. The van der Waals surface area contributed by atoms with Crippen molar-refractivity contribution in [2.24, 2.45) is 4.99 Å². The molecule has 1 aliphatic heterocycles. The molecule has 1 fully saturated rings. The Balaban J connectivity index is 2.27. The van der Waals surface area contributed by atoms with Crippen molar-refractivity contribution in [3.8, 4) is 11.5 Å². The molecule has 0 amide bonds. The van der Waals surface area contributed by atoms with Crippen molar-refractivity contribution in [2.45, 2.75) is 12.6 Å². The Morgan fingerprint density at radius 1 is 1.53 bits per heavy atom. The van der Waals surface area contributed by atoms with E-state index in [9.17, 15) is 4.79 Å². The van der Waals surface area contributed by atoms with Crippen molar-refractivity contribution in [1.82, 2.24) is 4.90 Å². The fourth-order valence-corrected chi connectivity index (χ4v) is 2.26. The summed E-state index contributed by atoms with van der Waals surface area (Å²) in [7, 11) is 3.58. The summed E-state index contributed by atoms with van der Waals surface area (Å²) in [4.78, 5) is 16.0. The molecule has 1 aromatic carbocycles. The zero-order valence-electron chi connectivity index (χ0n) is 10.9. The maximum absolute atomic E-state index is 10.3. The standard InChI is InChI=1S/C13H15ClN2O3/c1-16-6-11(7-16)19-13-9(5-15-8-17)3-10(14)4-12(13)18-2/h3-4,11H,5-7H2,1-2H3. The second-order valence-electron chi connectivity index (χ2n) is 4.46. The largest absolute Gasteiger partial charge is 0.493 e. The van der Waals surface area contributed by atoms with E-state index in [0.29, 0.717) is 16.5 Å². The first-order valence-electron chi connectivity index (χ1n) is 5.89. The van der Waals surface area contributed by atoms with Crippen LogP contribution >= 0.6 is 11.6 Å². The second kappa shape index (κ2) is 6.06. The van der Waals surface area contributed by atoms with Crippen LogP contribution in [0.5, 0.6) is 11.5 Å². The minimum atomic E-state index is 0.124. The smallest absolute Gasteiger partial charge is 0.235 e. The predicted octanol–water partition coefficient (Wildman–Crippen LogP) is 1.88. The topological polar surface area (TPSA) is 51.1 Å². The summed E-state index contributed by atoms with van der Waals surface area (Å²) >= 11 is 6.00. The Kier molecular flexibility index (Phi) is 4.43. The van der Waals surface area contributed by atoms with Gasteiger partial charge in [0.25, 0.3) is 0 Å². The summed E-state index contributed by atoms with van der Waals surface area (Å²) < 4.78 is 11.2. The van der Waals surface area contributed by atoms with Gasteiger partial charge >= 0.3 is 0 Å². The van der Waals surface area contributed by atoms with E-state index in [1.54, 1.807) is 19.2 Å². The molecule has 6 heteroatoms. The van der Waals surface area contributed by atoms with Crippen molar-refractivity contribution in [1.29, 1.82) is 0 Å². The van der Waals surface area contributed by atoms with E-state index in [1.807, 2.05) is 7.05 Å². The highest BCUT2D eigenvalue weighted by atomic mass is 35.5. The third-order valence-corrected chi connectivity index (χ3v) is 3.16. The van der Waals surface area contributed by atoms with Crippen LogP contribution in [0.2, 0.25) is 5.02 Å². The average Bonchev–Trinajstić information content (AvgIpc) is 2.36. The lowest BCUT2D eigenvalue weighted by Gasteiger charge is -2.36. The van der Waals surface area contributed by atoms with E-state index >= 15 is 0 Å². The Morgan fingerprint density at radius 2 is 2.26 bits per heavy atom. The Labute approximate surface area is 116 Å². The number of ether oxygens (including phenoxy) is 2. The minimum absolute atomic E-state index is 0.124. The summed E-state index contributed by atoms with van der Waals surface area (Å²) in [5, 5.41) is 0.519. The molecule has 1 aromatic rings. The molecule has 0 aromatic heterocycles. The highest BCUT2D eigenvalue weighted by Crippen LogP contribution is 2.36. The van der Waals surface area contributed by atoms with Crippen LogP contribution in [0, 0.1) is 0 Å². The van der Waals surface area contributed by atoms with Gasteiger partial charge in [0, 0.05) is 29.7 Å². The maximum Gasteiger partial charge on any atom is 0.235 e. The number of benzene rings is 1. The van der Waals surface area contributed by atoms with Crippen LogP contribution in [0.25, 0.3) is 0 Å². The van der Waals surface area contributed by atoms with Crippen molar-refractivity contribution in [3.63, 3.8) is 0 Å². The Bertz CT molecular complexity index is 509. The van der Waals surface area contributed by atoms with Crippen LogP contribution in [-0.2, 0) is 11.3 Å². The van der Waals surface area contributed by atoms with Crippen molar-refractivity contribution in [2.75, 3.05) is 27.2 Å². The molecule has 1 aliphatic rings. The molecule has 0 aliphatic carbocycles. The van der Waals surface area contributed by atoms with Crippen LogP contribution in [0.3, 0.4) is 0 Å². The molecular formula is C13H15ClN2O3. The molecule has 1 saturated heterocycles. The summed E-state index contributed by atoms with van der Waals surface area (Å²) in [6.45, 7) is 1.91. The van der Waals surface area contributed by atoms with Gasteiger partial charge in [-0.3, -0.25) is 4.90 Å². The van der Waals surface area contributed by atoms with Gasteiger partial charge in [0.05, 0.1) is 13.7 Å². The molecule has 0 unspecified atom stereocenters. The van der Waals surface area contributed by atoms with Gasteiger partial charge in [0.2, 0.25) is 6.08 Å². The fraction of sp³-hybridized carbons (Fsp3) is 0.462. The number of methoxy groups -OCH3 is 1. The number of aliphatic imine (C=N–C) groups is 1. The number of carbonyl (C=O) groups excluding carboxylic acids is 1. The lowest BCUT2D eigenvalue weighted by molar-refractivity contribution is 0.0363. The molecule has 0 bridgehead atoms. The normalized spacial score (nSPS) is 15.5. The number of isocyanates is 1. The van der Waals surface area contributed by atoms with E-state index in [0.717, 1.165) is 18.7 Å². The van der Waals surface area contributed by atoms with E-state index in [-0.39, 0.29) is 12.6 Å². The SMILES string of the molecule is COc1cc(Cl)cc(CN=C=O)c1OC1CN(C)C1. The summed E-state index contributed by atoms with van der Waals surface area (Å²) in [5.74, 6) is 1.15. The van der Waals surface area contributed by atoms with Crippen LogP contribution in [0.1, 0.15) is 5.56 Å². The van der Waals surface area contributed by atoms with Crippen molar-refractivity contribution in [3.05, 3.63) is 22.7 Å². The number of likely N-dealkylation sites (N-methyl/N-ethyl adjacent to an activating group) is 1. The van der Waals surface area contributed by atoms with Crippen LogP contribution in [0.15, 0.2) is 17.1 Å². The van der Waals surface area contributed by atoms with Gasteiger partial charge in [0.1, 0.15) is 6.10 Å². The first-order chi connectivity index (χ1) is 9.13. The monoisotopic (exact) mass is 282 g/mol. The third kappa shape index (κ3) is 3.26. The summed E-state index contributed by atoms with van der Waals surface area (Å²) in [6.07, 6.45) is 1.64. The first kappa shape index (κ1) is 13.9. The average molecular weight is 283 g/mol. The number of hydrogen-bond donors (Lipinski definition) is 0. The van der Waals surface area contributed by atoms with Crippen LogP contribution in [0.4, 0.5) is 0 Å². The predicted molar refractivity (Wildman–Crippen MR) is 71.7 cm³/mol. The van der Waals surface area contributed by atoms with Gasteiger partial charge in [-0.05, 0) is 13.1 Å². The van der Waals surface area contributed by atoms with Crippen molar-refractivity contribution >= 4 is 17.7 Å². The summed E-state index contributed by atoms with van der Waals surface area (Å²) in [5.41, 5.74) is 0.724. The highest BCUT2D eigenvalue weighted by Gasteiger charge is 2.27. The number of rotatable bonds is 5. The molecule has 5 nitrogen and oxygen atoms in total. The van der Waals surface area contributed by atoms with Gasteiger partial charge in [-0.15, -0.1) is 0 Å². The molecule has 0 saturated carbocycles. The van der Waals surface area contributed by atoms with E-state index < -0.39 is 0 Å². The van der Waals surface area contributed by atoms with E-state index in [2.05, 4.69) is 9.89 Å². The van der Waals surface area contributed by atoms with Gasteiger partial charge in [0.15, 0.2) is 11.5 Å². The Hall–Kier alpha value is -1.55. The molecule has 0 atom stereocenters. The van der Waals surface area contributed by atoms with Gasteiger partial charge in [-0.25, -0.2) is 9.79 Å². The lowest BCUT2D eigenvalue weighted by Crippen LogP contribution is -2.51. The molecule has 102 valence electrons. The molecular weight excluding hydrogens is 268 g/mol. The number of hydrogen-bond acceptors (Lipinski definition) is 5. The van der Waals surface area contributed by atoms with Gasteiger partial charge < -0.3 is 9.47 Å². The quantitative estimate of drug-likeness (QED) is 0.611. The van der Waals surface area contributed by atoms with Gasteiger partial charge in [-0.2, -0.15) is 0 Å². The number of halogens is 1. The molecule has 19 heavy (non-hydrogen) atoms. The number of nitrogens with zero attached hydrogens (tertiary/aromatic N) is 2. The minimum Gasteiger partial charge on any atom is -0.493 e. The van der Waals surface area contributed by atoms with E-state index in [4.69, 9.17) is 21.1 Å². The molecule has 2 rings (SSSR count). The number of likely N-dealkylation sites (tertiary alicyclic amines) is 1. The molecule has 0 N–H and O–H groups in total. The van der Waals surface area contributed by atoms with Gasteiger partial charge in [-0.1, -0.05) is 11.6 Å². The highest BCUT2D eigenvalue weighted by molar-refractivity contribution is 6.30.